The molecule has 0 saturated heterocycles. The van der Waals surface area contributed by atoms with Crippen LogP contribution in [0.3, 0.4) is 0 Å². The lowest BCUT2D eigenvalue weighted by atomic mass is 10.1. The molecule has 1 heterocycles. The van der Waals surface area contributed by atoms with E-state index in [9.17, 15) is 13.9 Å². The summed E-state index contributed by atoms with van der Waals surface area (Å²) in [6, 6.07) is 21.0. The number of fused-ring (bicyclic) bond motifs is 1. The molecule has 3 aromatic carbocycles. The molecule has 0 aliphatic heterocycles. The Morgan fingerprint density at radius 2 is 1.54 bits per heavy atom. The van der Waals surface area contributed by atoms with E-state index in [0.29, 0.717) is 13.0 Å². The normalized spacial score (nSPS) is 11.8. The summed E-state index contributed by atoms with van der Waals surface area (Å²) in [7, 11) is 1.99. The maximum absolute atomic E-state index is 13.1. The van der Waals surface area contributed by atoms with E-state index in [4.69, 9.17) is 5.73 Å². The zero-order valence-electron chi connectivity index (χ0n) is 20.3. The molecule has 0 bridgehead atoms. The van der Waals surface area contributed by atoms with Crippen molar-refractivity contribution in [1.29, 1.82) is 0 Å². The molecule has 0 aliphatic carbocycles. The molecule has 0 aliphatic rings. The number of rotatable bonds is 10. The summed E-state index contributed by atoms with van der Waals surface area (Å²) in [5.41, 5.74) is 9.59. The van der Waals surface area contributed by atoms with Gasteiger partial charge in [-0.2, -0.15) is 0 Å². The number of halogens is 2. The van der Waals surface area contributed by atoms with Gasteiger partial charge in [-0.05, 0) is 106 Å². The number of benzene rings is 3. The van der Waals surface area contributed by atoms with Crippen molar-refractivity contribution in [2.75, 3.05) is 20.1 Å². The first-order chi connectivity index (χ1) is 17.0. The minimum Gasteiger partial charge on any atom is -0.388 e. The summed E-state index contributed by atoms with van der Waals surface area (Å²) in [6.45, 7) is 1.62. The van der Waals surface area contributed by atoms with Gasteiger partial charge in [0.25, 0.3) is 0 Å². The first-order valence-corrected chi connectivity index (χ1v) is 12.2. The van der Waals surface area contributed by atoms with Gasteiger partial charge < -0.3 is 20.7 Å². The second-order valence-corrected chi connectivity index (χ2v) is 8.58. The van der Waals surface area contributed by atoms with Crippen LogP contribution in [0.15, 0.2) is 79.0 Å². The van der Waals surface area contributed by atoms with Crippen molar-refractivity contribution >= 4 is 10.9 Å². The smallest absolute Gasteiger partial charge is 0.123 e. The third kappa shape index (κ3) is 7.72. The van der Waals surface area contributed by atoms with Crippen LogP contribution in [0, 0.1) is 11.6 Å². The number of hydrogen-bond donors (Lipinski definition) is 3. The third-order valence-electron chi connectivity index (χ3n) is 5.96. The second-order valence-electron chi connectivity index (χ2n) is 8.58. The van der Waals surface area contributed by atoms with E-state index in [2.05, 4.69) is 34.3 Å². The molecule has 0 spiro atoms. The fourth-order valence-electron chi connectivity index (χ4n) is 4.04. The Balaban J connectivity index is 0.000000225. The predicted octanol–water partition coefficient (Wildman–Crippen LogP) is 5.91. The summed E-state index contributed by atoms with van der Waals surface area (Å²) in [5, 5.41) is 14.0. The number of nitrogens with two attached hydrogens (primary N) is 1. The first kappa shape index (κ1) is 26.5. The molecule has 0 saturated carbocycles. The summed E-state index contributed by atoms with van der Waals surface area (Å²) in [4.78, 5) is 0. The Bertz CT molecular complexity index is 1160. The highest BCUT2D eigenvalue weighted by Crippen LogP contribution is 2.26. The summed E-state index contributed by atoms with van der Waals surface area (Å²) < 4.78 is 27.8. The average Bonchev–Trinajstić information content (AvgIpc) is 3.25. The molecule has 186 valence electrons. The molecule has 6 heteroatoms. The van der Waals surface area contributed by atoms with E-state index in [-0.39, 0.29) is 11.6 Å². The molecule has 1 unspecified atom stereocenters. The molecule has 4 aromatic rings. The molecule has 0 amide bonds. The van der Waals surface area contributed by atoms with Crippen molar-refractivity contribution in [3.63, 3.8) is 0 Å². The van der Waals surface area contributed by atoms with Crippen LogP contribution in [0.25, 0.3) is 16.6 Å². The van der Waals surface area contributed by atoms with Crippen LogP contribution in [-0.4, -0.2) is 29.8 Å². The summed E-state index contributed by atoms with van der Waals surface area (Å²) in [5.74, 6) is -0.484. The van der Waals surface area contributed by atoms with Crippen LogP contribution in [0.2, 0.25) is 0 Å². The third-order valence-corrected chi connectivity index (χ3v) is 5.96. The average molecular weight is 480 g/mol. The summed E-state index contributed by atoms with van der Waals surface area (Å²) in [6.07, 6.45) is 6.48. The Kier molecular flexibility index (Phi) is 10.4. The first-order valence-electron chi connectivity index (χ1n) is 12.2. The fourth-order valence-corrected chi connectivity index (χ4v) is 4.04. The minimum absolute atomic E-state index is 0.201. The Hall–Kier alpha value is -3.06. The van der Waals surface area contributed by atoms with Gasteiger partial charge in [0, 0.05) is 17.3 Å². The van der Waals surface area contributed by atoms with Gasteiger partial charge >= 0.3 is 0 Å². The van der Waals surface area contributed by atoms with Gasteiger partial charge in [-0.1, -0.05) is 30.3 Å². The van der Waals surface area contributed by atoms with E-state index in [0.717, 1.165) is 37.1 Å². The number of para-hydroxylation sites is 1. The number of hydrogen-bond acceptors (Lipinski definition) is 3. The van der Waals surface area contributed by atoms with Crippen LogP contribution < -0.4 is 11.1 Å². The quantitative estimate of drug-likeness (QED) is 0.248. The van der Waals surface area contributed by atoms with Crippen molar-refractivity contribution in [1.82, 2.24) is 9.88 Å². The molecule has 4 N–H and O–H groups in total. The van der Waals surface area contributed by atoms with E-state index >= 15 is 0 Å². The molecular formula is C29H35F2N3O. The van der Waals surface area contributed by atoms with Gasteiger partial charge in [-0.15, -0.1) is 0 Å². The zero-order chi connectivity index (χ0) is 25.0. The molecule has 1 aromatic heterocycles. The number of nitrogens with one attached hydrogen (secondary N) is 1. The minimum atomic E-state index is -0.524. The largest absolute Gasteiger partial charge is 0.388 e. The Morgan fingerprint density at radius 1 is 0.886 bits per heavy atom. The van der Waals surface area contributed by atoms with E-state index in [1.807, 2.05) is 25.2 Å². The lowest BCUT2D eigenvalue weighted by molar-refractivity contribution is 0.165. The highest BCUT2D eigenvalue weighted by molar-refractivity contribution is 5.85. The van der Waals surface area contributed by atoms with Crippen molar-refractivity contribution in [2.45, 2.75) is 38.2 Å². The number of aromatic nitrogens is 1. The molecular weight excluding hydrogens is 444 g/mol. The summed E-state index contributed by atoms with van der Waals surface area (Å²) >= 11 is 0. The maximum Gasteiger partial charge on any atom is 0.123 e. The van der Waals surface area contributed by atoms with Crippen molar-refractivity contribution < 1.29 is 13.9 Å². The van der Waals surface area contributed by atoms with Gasteiger partial charge in [0.1, 0.15) is 11.6 Å². The van der Waals surface area contributed by atoms with Gasteiger partial charge in [0.2, 0.25) is 0 Å². The van der Waals surface area contributed by atoms with E-state index < -0.39 is 6.10 Å². The highest BCUT2D eigenvalue weighted by Gasteiger charge is 2.09. The maximum atomic E-state index is 13.1. The molecule has 1 atom stereocenters. The molecule has 35 heavy (non-hydrogen) atoms. The van der Waals surface area contributed by atoms with Crippen molar-refractivity contribution in [3.05, 3.63) is 102 Å². The molecule has 0 fully saturated rings. The SMILES string of the molecule is CNCCCCc1cn(-c2ccc(F)cc2)c2ccccc12.NCCCC(O)c1ccc(F)cc1. The van der Waals surface area contributed by atoms with Crippen LogP contribution in [0.5, 0.6) is 0 Å². The number of aryl methyl sites for hydroxylation is 1. The second kappa shape index (κ2) is 13.7. The lowest BCUT2D eigenvalue weighted by Crippen LogP contribution is -2.07. The van der Waals surface area contributed by atoms with Crippen molar-refractivity contribution in [3.8, 4) is 5.69 Å². The van der Waals surface area contributed by atoms with Crippen LogP contribution in [0.4, 0.5) is 8.78 Å². The van der Waals surface area contributed by atoms with Gasteiger partial charge in [0.05, 0.1) is 11.6 Å². The van der Waals surface area contributed by atoms with E-state index in [1.54, 1.807) is 12.1 Å². The highest BCUT2D eigenvalue weighted by atomic mass is 19.1. The number of aliphatic hydroxyl groups is 1. The fraction of sp³-hybridized carbons (Fsp3) is 0.310. The van der Waals surface area contributed by atoms with Crippen molar-refractivity contribution in [2.24, 2.45) is 5.73 Å². The van der Waals surface area contributed by atoms with Gasteiger partial charge in [0.15, 0.2) is 0 Å². The standard InChI is InChI=1S/C19H21FN2.C10H14FNO/c1-21-13-5-4-6-15-14-22(17-11-9-16(20)10-12-17)19-8-3-2-7-18(15)19;11-9-5-3-8(4-6-9)10(13)2-1-7-12/h2-3,7-12,14,21H,4-6,13H2,1H3;3-6,10,13H,1-2,7,12H2. The topological polar surface area (TPSA) is 63.2 Å². The van der Waals surface area contributed by atoms with Crippen LogP contribution >= 0.6 is 0 Å². The number of aliphatic hydroxyl groups excluding tert-OH is 1. The molecule has 4 rings (SSSR count). The predicted molar refractivity (Wildman–Crippen MR) is 140 cm³/mol. The number of unbranched alkanes of at least 4 members (excludes halogenated alkanes) is 1. The monoisotopic (exact) mass is 479 g/mol. The number of nitrogens with zero attached hydrogens (tertiary/aromatic N) is 1. The Morgan fingerprint density at radius 3 is 2.20 bits per heavy atom. The molecule has 4 nitrogen and oxygen atoms in total. The van der Waals surface area contributed by atoms with Gasteiger partial charge in [-0.25, -0.2) is 8.78 Å². The van der Waals surface area contributed by atoms with Crippen LogP contribution in [-0.2, 0) is 6.42 Å². The lowest BCUT2D eigenvalue weighted by Gasteiger charge is -2.09. The van der Waals surface area contributed by atoms with Crippen LogP contribution in [0.1, 0.15) is 42.9 Å². The van der Waals surface area contributed by atoms with E-state index in [1.165, 1.54) is 47.2 Å². The molecule has 0 radical (unpaired) electrons. The zero-order valence-corrected chi connectivity index (χ0v) is 20.3. The Labute approximate surface area is 206 Å². The van der Waals surface area contributed by atoms with Gasteiger partial charge in [-0.3, -0.25) is 0 Å².